The smallest absolute Gasteiger partial charge is 0.343 e. The maximum absolute atomic E-state index is 13.3. The summed E-state index contributed by atoms with van der Waals surface area (Å²) >= 11 is 0. The van der Waals surface area contributed by atoms with Gasteiger partial charge in [0.15, 0.2) is 0 Å². The van der Waals surface area contributed by atoms with Crippen LogP contribution in [0.2, 0.25) is 0 Å². The molecule has 122 valence electrons. The second-order valence-electron chi connectivity index (χ2n) is 4.55. The first-order valence-corrected chi connectivity index (χ1v) is 6.78. The molecule has 0 spiro atoms. The lowest BCUT2D eigenvalue weighted by Crippen LogP contribution is -2.08. The van der Waals surface area contributed by atoms with Crippen LogP contribution in [0.25, 0.3) is 0 Å². The first-order valence-electron chi connectivity index (χ1n) is 6.78. The minimum Gasteiger partial charge on any atom is -0.496 e. The largest absolute Gasteiger partial charge is 0.496 e. The molecule has 2 rings (SSSR count). The highest BCUT2D eigenvalue weighted by Crippen LogP contribution is 2.22. The van der Waals surface area contributed by atoms with Gasteiger partial charge in [0, 0.05) is 12.1 Å². The van der Waals surface area contributed by atoms with Crippen LogP contribution < -0.4 is 14.8 Å². The Balaban J connectivity index is 2.18. The average Bonchev–Trinajstić information content (AvgIpc) is 2.59. The molecule has 0 fully saturated rings. The maximum atomic E-state index is 13.3. The lowest BCUT2D eigenvalue weighted by atomic mass is 10.2. The number of hydrogen-bond donors (Lipinski definition) is 1. The monoisotopic (exact) mass is 320 g/mol. The van der Waals surface area contributed by atoms with Gasteiger partial charge in [-0.15, -0.1) is 0 Å². The summed E-state index contributed by atoms with van der Waals surface area (Å²) in [5.74, 6) is 0.299. The Morgan fingerprint density at radius 1 is 1.17 bits per heavy atom. The van der Waals surface area contributed by atoms with E-state index in [4.69, 9.17) is 9.47 Å². The first kappa shape index (κ1) is 16.5. The maximum Gasteiger partial charge on any atom is 0.343 e. The lowest BCUT2D eigenvalue weighted by molar-refractivity contribution is 0.0596. The Kier molecular flexibility index (Phi) is 5.35. The van der Waals surface area contributed by atoms with Crippen molar-refractivity contribution in [2.45, 2.75) is 6.54 Å². The van der Waals surface area contributed by atoms with Gasteiger partial charge in [-0.1, -0.05) is 0 Å². The van der Waals surface area contributed by atoms with Gasteiger partial charge in [-0.25, -0.2) is 9.18 Å². The molecule has 0 saturated heterocycles. The van der Waals surface area contributed by atoms with Gasteiger partial charge in [-0.2, -0.15) is 4.98 Å². The van der Waals surface area contributed by atoms with E-state index in [0.29, 0.717) is 23.7 Å². The third-order valence-corrected chi connectivity index (χ3v) is 3.16. The van der Waals surface area contributed by atoms with Crippen LogP contribution in [0.5, 0.6) is 11.6 Å². The third-order valence-electron chi connectivity index (χ3n) is 3.16. The summed E-state index contributed by atoms with van der Waals surface area (Å²) in [6.45, 7) is 0.300. The molecule has 1 heterocycles. The zero-order chi connectivity index (χ0) is 16.8. The summed E-state index contributed by atoms with van der Waals surface area (Å²) in [5.41, 5.74) is 0.870. The van der Waals surface area contributed by atoms with E-state index in [1.165, 1.54) is 33.5 Å². The molecule has 0 atom stereocenters. The number of rotatable bonds is 6. The van der Waals surface area contributed by atoms with Gasteiger partial charge in [0.1, 0.15) is 22.9 Å². The van der Waals surface area contributed by atoms with Crippen LogP contribution in [0.3, 0.4) is 0 Å². The molecule has 0 unspecified atom stereocenters. The van der Waals surface area contributed by atoms with Gasteiger partial charge in [0.25, 0.3) is 0 Å². The van der Waals surface area contributed by atoms with Gasteiger partial charge in [0.2, 0.25) is 5.88 Å². The molecular formula is C16H17FN2O4. The van der Waals surface area contributed by atoms with Gasteiger partial charge in [0.05, 0.1) is 21.3 Å². The fourth-order valence-electron chi connectivity index (χ4n) is 2.03. The molecule has 23 heavy (non-hydrogen) atoms. The Morgan fingerprint density at radius 2 is 1.96 bits per heavy atom. The number of benzene rings is 1. The molecule has 0 aliphatic heterocycles. The van der Waals surface area contributed by atoms with Crippen molar-refractivity contribution in [3.05, 3.63) is 47.3 Å². The minimum atomic E-state index is -0.535. The normalized spacial score (nSPS) is 10.1. The number of halogens is 1. The number of anilines is 1. The van der Waals surface area contributed by atoms with Crippen molar-refractivity contribution in [2.75, 3.05) is 26.6 Å². The summed E-state index contributed by atoms with van der Waals surface area (Å²) in [4.78, 5) is 15.8. The highest BCUT2D eigenvalue weighted by atomic mass is 19.1. The summed E-state index contributed by atoms with van der Waals surface area (Å²) in [5, 5.41) is 3.03. The predicted octanol–water partition coefficient (Wildman–Crippen LogP) is 2.64. The number of pyridine rings is 1. The van der Waals surface area contributed by atoms with Crippen LogP contribution in [0.4, 0.5) is 10.2 Å². The summed E-state index contributed by atoms with van der Waals surface area (Å²) in [6, 6.07) is 7.42. The SMILES string of the molecule is COC(=O)c1ccc(NCc2cc(F)ccc2OC)nc1OC. The number of hydrogen-bond acceptors (Lipinski definition) is 6. The molecule has 2 aromatic rings. The zero-order valence-electron chi connectivity index (χ0n) is 13.1. The average molecular weight is 320 g/mol. The molecule has 1 aromatic heterocycles. The Labute approximate surface area is 133 Å². The van der Waals surface area contributed by atoms with Gasteiger partial charge < -0.3 is 19.5 Å². The van der Waals surface area contributed by atoms with Crippen molar-refractivity contribution in [2.24, 2.45) is 0 Å². The second kappa shape index (κ2) is 7.44. The van der Waals surface area contributed by atoms with Gasteiger partial charge in [-0.3, -0.25) is 0 Å². The number of methoxy groups -OCH3 is 3. The zero-order valence-corrected chi connectivity index (χ0v) is 13.1. The quantitative estimate of drug-likeness (QED) is 0.825. The first-order chi connectivity index (χ1) is 11.1. The molecular weight excluding hydrogens is 303 g/mol. The summed E-state index contributed by atoms with van der Waals surface area (Å²) in [7, 11) is 4.21. The number of nitrogens with one attached hydrogen (secondary N) is 1. The molecule has 0 saturated carbocycles. The number of nitrogens with zero attached hydrogens (tertiary/aromatic N) is 1. The van der Waals surface area contributed by atoms with Crippen molar-refractivity contribution in [1.29, 1.82) is 0 Å². The molecule has 1 N–H and O–H groups in total. The lowest BCUT2D eigenvalue weighted by Gasteiger charge is -2.12. The minimum absolute atomic E-state index is 0.146. The highest BCUT2D eigenvalue weighted by Gasteiger charge is 2.15. The Bertz CT molecular complexity index is 706. The number of carbonyl (C=O) groups excluding carboxylic acids is 1. The van der Waals surface area contributed by atoms with Crippen LogP contribution in [-0.2, 0) is 11.3 Å². The van der Waals surface area contributed by atoms with Gasteiger partial charge in [-0.05, 0) is 30.3 Å². The molecule has 0 bridgehead atoms. The number of aromatic nitrogens is 1. The third kappa shape index (κ3) is 3.88. The van der Waals surface area contributed by atoms with Crippen LogP contribution in [0, 0.1) is 5.82 Å². The number of carbonyl (C=O) groups is 1. The van der Waals surface area contributed by atoms with Crippen LogP contribution in [0.1, 0.15) is 15.9 Å². The van der Waals surface area contributed by atoms with E-state index in [1.54, 1.807) is 18.2 Å². The van der Waals surface area contributed by atoms with Crippen molar-refractivity contribution in [1.82, 2.24) is 4.98 Å². The fraction of sp³-hybridized carbons (Fsp3) is 0.250. The molecule has 6 nitrogen and oxygen atoms in total. The fourth-order valence-corrected chi connectivity index (χ4v) is 2.03. The van der Waals surface area contributed by atoms with Crippen LogP contribution in [0.15, 0.2) is 30.3 Å². The second-order valence-corrected chi connectivity index (χ2v) is 4.55. The van der Waals surface area contributed by atoms with E-state index in [0.717, 1.165) is 0 Å². The van der Waals surface area contributed by atoms with Gasteiger partial charge >= 0.3 is 5.97 Å². The number of ether oxygens (including phenoxy) is 3. The predicted molar refractivity (Wildman–Crippen MR) is 82.4 cm³/mol. The van der Waals surface area contributed by atoms with E-state index in [-0.39, 0.29) is 17.3 Å². The van der Waals surface area contributed by atoms with E-state index < -0.39 is 5.97 Å². The van der Waals surface area contributed by atoms with Crippen LogP contribution >= 0.6 is 0 Å². The van der Waals surface area contributed by atoms with Crippen molar-refractivity contribution >= 4 is 11.8 Å². The van der Waals surface area contributed by atoms with Crippen molar-refractivity contribution in [3.63, 3.8) is 0 Å². The number of esters is 1. The van der Waals surface area contributed by atoms with E-state index >= 15 is 0 Å². The molecule has 7 heteroatoms. The Hall–Kier alpha value is -2.83. The van der Waals surface area contributed by atoms with E-state index in [9.17, 15) is 9.18 Å². The molecule has 0 amide bonds. The van der Waals surface area contributed by atoms with Crippen LogP contribution in [-0.4, -0.2) is 32.3 Å². The van der Waals surface area contributed by atoms with E-state index in [1.807, 2.05) is 0 Å². The summed E-state index contributed by atoms with van der Waals surface area (Å²) < 4.78 is 28.3. The molecule has 0 aliphatic rings. The van der Waals surface area contributed by atoms with Crippen molar-refractivity contribution < 1.29 is 23.4 Å². The standard InChI is InChI=1S/C16H17FN2O4/c1-21-13-6-4-11(17)8-10(13)9-18-14-7-5-12(16(20)23-3)15(19-14)22-2/h4-8H,9H2,1-3H3,(H,18,19). The molecule has 0 aliphatic carbocycles. The Morgan fingerprint density at radius 3 is 2.61 bits per heavy atom. The highest BCUT2D eigenvalue weighted by molar-refractivity contribution is 5.92. The topological polar surface area (TPSA) is 69.7 Å². The molecule has 1 aromatic carbocycles. The molecule has 0 radical (unpaired) electrons. The van der Waals surface area contributed by atoms with Crippen molar-refractivity contribution in [3.8, 4) is 11.6 Å². The van der Waals surface area contributed by atoms with E-state index in [2.05, 4.69) is 15.0 Å². The summed E-state index contributed by atoms with van der Waals surface area (Å²) in [6.07, 6.45) is 0.